The number of carbonyl (C=O) groups is 1. The third kappa shape index (κ3) is 5.72. The molecule has 1 N–H and O–H groups in total. The van der Waals surface area contributed by atoms with Crippen molar-refractivity contribution in [2.24, 2.45) is 5.92 Å². The molecule has 1 aliphatic heterocycles. The Kier molecular flexibility index (Phi) is 6.48. The maximum atomic E-state index is 12.1. The van der Waals surface area contributed by atoms with Crippen LogP contribution in [0.15, 0.2) is 54.6 Å². The van der Waals surface area contributed by atoms with Gasteiger partial charge in [-0.05, 0) is 73.3 Å². The predicted octanol–water partition coefficient (Wildman–Crippen LogP) is 5.22. The third-order valence-corrected chi connectivity index (χ3v) is 5.01. The minimum atomic E-state index is -0.150. The van der Waals surface area contributed by atoms with Crippen LogP contribution in [0.4, 0.5) is 5.69 Å². The molecule has 0 unspecified atom stereocenters. The molecule has 3 nitrogen and oxygen atoms in total. The van der Waals surface area contributed by atoms with Crippen LogP contribution < -0.4 is 5.32 Å². The van der Waals surface area contributed by atoms with E-state index in [1.54, 1.807) is 6.08 Å². The first-order valence-electron chi connectivity index (χ1n) is 9.14. The summed E-state index contributed by atoms with van der Waals surface area (Å²) in [4.78, 5) is 14.6. The summed E-state index contributed by atoms with van der Waals surface area (Å²) in [5.74, 6) is 0.701. The second kappa shape index (κ2) is 9.02. The lowest BCUT2D eigenvalue weighted by molar-refractivity contribution is -0.111. The van der Waals surface area contributed by atoms with Crippen LogP contribution in [0.5, 0.6) is 0 Å². The molecule has 0 aliphatic carbocycles. The van der Waals surface area contributed by atoms with E-state index >= 15 is 0 Å². The number of piperidine rings is 1. The average molecular weight is 369 g/mol. The van der Waals surface area contributed by atoms with Gasteiger partial charge in [-0.15, -0.1) is 0 Å². The molecule has 1 saturated heterocycles. The maximum Gasteiger partial charge on any atom is 0.248 e. The first kappa shape index (κ1) is 18.7. The van der Waals surface area contributed by atoms with Gasteiger partial charge in [0.15, 0.2) is 0 Å². The molecule has 0 spiro atoms. The second-order valence-corrected chi connectivity index (χ2v) is 7.47. The third-order valence-electron chi connectivity index (χ3n) is 4.78. The molecule has 2 aromatic rings. The number of rotatable bonds is 5. The number of amides is 1. The van der Waals surface area contributed by atoms with Gasteiger partial charge in [-0.3, -0.25) is 9.69 Å². The van der Waals surface area contributed by atoms with Gasteiger partial charge in [0.1, 0.15) is 0 Å². The van der Waals surface area contributed by atoms with Crippen molar-refractivity contribution in [3.8, 4) is 0 Å². The van der Waals surface area contributed by atoms with Crippen molar-refractivity contribution in [2.45, 2.75) is 26.3 Å². The van der Waals surface area contributed by atoms with Crippen LogP contribution in [0.1, 0.15) is 30.9 Å². The number of hydrogen-bond donors (Lipinski definition) is 1. The van der Waals surface area contributed by atoms with Gasteiger partial charge < -0.3 is 5.32 Å². The Bertz CT molecular complexity index is 762. The lowest BCUT2D eigenvalue weighted by Gasteiger charge is -2.30. The second-order valence-electron chi connectivity index (χ2n) is 7.03. The summed E-state index contributed by atoms with van der Waals surface area (Å²) >= 11 is 5.94. The number of halogens is 1. The predicted molar refractivity (Wildman–Crippen MR) is 109 cm³/mol. The maximum absolute atomic E-state index is 12.1. The van der Waals surface area contributed by atoms with E-state index in [-0.39, 0.29) is 5.91 Å². The number of likely N-dealkylation sites (tertiary alicyclic amines) is 1. The minimum absolute atomic E-state index is 0.150. The van der Waals surface area contributed by atoms with Crippen LogP contribution in [0.25, 0.3) is 6.08 Å². The van der Waals surface area contributed by atoms with E-state index in [0.29, 0.717) is 5.02 Å². The van der Waals surface area contributed by atoms with Crippen molar-refractivity contribution in [3.63, 3.8) is 0 Å². The minimum Gasteiger partial charge on any atom is -0.323 e. The van der Waals surface area contributed by atoms with Crippen molar-refractivity contribution < 1.29 is 4.79 Å². The SMILES string of the molecule is CC1CCN(Cc2ccc(NC(=O)/C=C/c3cccc(Cl)c3)cc2)CC1. The van der Waals surface area contributed by atoms with E-state index in [1.165, 1.54) is 37.6 Å². The Morgan fingerprint density at radius 1 is 1.19 bits per heavy atom. The van der Waals surface area contributed by atoms with Crippen molar-refractivity contribution in [1.29, 1.82) is 0 Å². The number of carbonyl (C=O) groups excluding carboxylic acids is 1. The fourth-order valence-electron chi connectivity index (χ4n) is 3.14. The number of benzene rings is 2. The first-order chi connectivity index (χ1) is 12.6. The Morgan fingerprint density at radius 3 is 2.62 bits per heavy atom. The van der Waals surface area contributed by atoms with Gasteiger partial charge in [-0.25, -0.2) is 0 Å². The van der Waals surface area contributed by atoms with Gasteiger partial charge in [0, 0.05) is 23.3 Å². The molecule has 4 heteroatoms. The van der Waals surface area contributed by atoms with Crippen molar-refractivity contribution in [3.05, 3.63) is 70.8 Å². The summed E-state index contributed by atoms with van der Waals surface area (Å²) in [6.45, 7) is 5.66. The first-order valence-corrected chi connectivity index (χ1v) is 9.52. The summed E-state index contributed by atoms with van der Waals surface area (Å²) in [7, 11) is 0. The Labute approximate surface area is 160 Å². The number of nitrogens with zero attached hydrogens (tertiary/aromatic N) is 1. The zero-order valence-corrected chi connectivity index (χ0v) is 15.9. The van der Waals surface area contributed by atoms with Crippen LogP contribution in [0, 0.1) is 5.92 Å². The lowest BCUT2D eigenvalue weighted by atomic mass is 9.99. The van der Waals surface area contributed by atoms with Crippen molar-refractivity contribution in [1.82, 2.24) is 4.90 Å². The van der Waals surface area contributed by atoms with Crippen LogP contribution in [0.2, 0.25) is 5.02 Å². The van der Waals surface area contributed by atoms with Crippen LogP contribution in [-0.4, -0.2) is 23.9 Å². The molecule has 0 atom stereocenters. The molecule has 0 radical (unpaired) electrons. The highest BCUT2D eigenvalue weighted by atomic mass is 35.5. The standard InChI is InChI=1S/C22H25ClN2O/c1-17-11-13-25(14-12-17)16-19-5-8-21(9-6-19)24-22(26)10-7-18-3-2-4-20(23)15-18/h2-10,15,17H,11-14,16H2,1H3,(H,24,26)/b10-7+. The summed E-state index contributed by atoms with van der Waals surface area (Å²) in [5, 5.41) is 3.55. The van der Waals surface area contributed by atoms with Gasteiger partial charge in [0.25, 0.3) is 0 Å². The van der Waals surface area contributed by atoms with Gasteiger partial charge in [-0.1, -0.05) is 42.8 Å². The van der Waals surface area contributed by atoms with E-state index in [9.17, 15) is 4.79 Å². The molecule has 1 heterocycles. The molecule has 0 saturated carbocycles. The van der Waals surface area contributed by atoms with Crippen LogP contribution in [-0.2, 0) is 11.3 Å². The van der Waals surface area contributed by atoms with Crippen molar-refractivity contribution >= 4 is 29.3 Å². The molecule has 2 aromatic carbocycles. The van der Waals surface area contributed by atoms with Gasteiger partial charge >= 0.3 is 0 Å². The van der Waals surface area contributed by atoms with E-state index in [1.807, 2.05) is 36.4 Å². The monoisotopic (exact) mass is 368 g/mol. The number of anilines is 1. The molecule has 136 valence electrons. The summed E-state index contributed by atoms with van der Waals surface area (Å²) < 4.78 is 0. The highest BCUT2D eigenvalue weighted by Crippen LogP contribution is 2.19. The summed E-state index contributed by atoms with van der Waals surface area (Å²) in [6.07, 6.45) is 5.85. The van der Waals surface area contributed by atoms with Crippen LogP contribution in [0.3, 0.4) is 0 Å². The highest BCUT2D eigenvalue weighted by Gasteiger charge is 2.15. The molecule has 0 aromatic heterocycles. The van der Waals surface area contributed by atoms with Gasteiger partial charge in [0.05, 0.1) is 0 Å². The van der Waals surface area contributed by atoms with E-state index in [0.717, 1.165) is 23.7 Å². The number of hydrogen-bond acceptors (Lipinski definition) is 2. The number of nitrogens with one attached hydrogen (secondary N) is 1. The van der Waals surface area contributed by atoms with E-state index in [2.05, 4.69) is 29.3 Å². The Balaban J connectivity index is 1.51. The normalized spacial score (nSPS) is 16.1. The molecule has 1 amide bonds. The largest absolute Gasteiger partial charge is 0.323 e. The fraction of sp³-hybridized carbons (Fsp3) is 0.318. The molecule has 0 bridgehead atoms. The highest BCUT2D eigenvalue weighted by molar-refractivity contribution is 6.30. The quantitative estimate of drug-likeness (QED) is 0.733. The zero-order valence-electron chi connectivity index (χ0n) is 15.1. The van der Waals surface area contributed by atoms with E-state index in [4.69, 9.17) is 11.6 Å². The van der Waals surface area contributed by atoms with Crippen molar-refractivity contribution in [2.75, 3.05) is 18.4 Å². The Morgan fingerprint density at radius 2 is 1.92 bits per heavy atom. The molecule has 1 aliphatic rings. The average Bonchev–Trinajstić information content (AvgIpc) is 2.64. The summed E-state index contributed by atoms with van der Waals surface area (Å²) in [5.41, 5.74) is 2.99. The molecular weight excluding hydrogens is 344 g/mol. The fourth-order valence-corrected chi connectivity index (χ4v) is 3.34. The topological polar surface area (TPSA) is 32.3 Å². The van der Waals surface area contributed by atoms with Gasteiger partial charge in [-0.2, -0.15) is 0 Å². The van der Waals surface area contributed by atoms with Crippen LogP contribution >= 0.6 is 11.6 Å². The molecule has 26 heavy (non-hydrogen) atoms. The van der Waals surface area contributed by atoms with E-state index < -0.39 is 0 Å². The molecule has 3 rings (SSSR count). The summed E-state index contributed by atoms with van der Waals surface area (Å²) in [6, 6.07) is 15.5. The molecule has 1 fully saturated rings. The van der Waals surface area contributed by atoms with Gasteiger partial charge in [0.2, 0.25) is 5.91 Å². The smallest absolute Gasteiger partial charge is 0.248 e. The lowest BCUT2D eigenvalue weighted by Crippen LogP contribution is -2.32. The molecular formula is C22H25ClN2O. The zero-order chi connectivity index (χ0) is 18.4. The Hall–Kier alpha value is -2.10.